The third kappa shape index (κ3) is 2.33. The molecule has 0 bridgehead atoms. The summed E-state index contributed by atoms with van der Waals surface area (Å²) in [6.45, 7) is 3.12. The number of hydrogen-bond acceptors (Lipinski definition) is 3. The second-order valence-corrected chi connectivity index (χ2v) is 5.50. The molecule has 3 atom stereocenters. The number of fused-ring (bicyclic) bond motifs is 1. The van der Waals surface area contributed by atoms with E-state index >= 15 is 0 Å². The number of carbonyl (C=O) groups is 1. The lowest BCUT2D eigenvalue weighted by Gasteiger charge is -2.32. The highest BCUT2D eigenvalue weighted by atomic mass is 16.5. The van der Waals surface area contributed by atoms with E-state index in [0.717, 1.165) is 32.4 Å². The van der Waals surface area contributed by atoms with E-state index in [2.05, 4.69) is 10.2 Å². The second kappa shape index (κ2) is 4.94. The largest absolute Gasteiger partial charge is 0.368 e. The van der Waals surface area contributed by atoms with Gasteiger partial charge in [0.2, 0.25) is 5.91 Å². The lowest BCUT2D eigenvalue weighted by molar-refractivity contribution is -0.131. The maximum Gasteiger partial charge on any atom is 0.249 e. The summed E-state index contributed by atoms with van der Waals surface area (Å²) in [6, 6.07) is 0.959. The Morgan fingerprint density at radius 1 is 1.12 bits per heavy atom. The van der Waals surface area contributed by atoms with Crippen LogP contribution in [0.4, 0.5) is 0 Å². The summed E-state index contributed by atoms with van der Waals surface area (Å²) in [6.07, 6.45) is 6.74. The molecule has 0 aromatic heterocycles. The number of amides is 1. The van der Waals surface area contributed by atoms with Crippen LogP contribution in [-0.4, -0.2) is 48.7 Å². The molecule has 0 aromatic rings. The first kappa shape index (κ1) is 11.5. The van der Waals surface area contributed by atoms with Crippen molar-refractivity contribution in [3.8, 4) is 0 Å². The van der Waals surface area contributed by atoms with Crippen LogP contribution in [0, 0.1) is 0 Å². The molecule has 0 saturated carbocycles. The van der Waals surface area contributed by atoms with Crippen LogP contribution in [0.1, 0.15) is 38.5 Å². The zero-order chi connectivity index (χ0) is 11.7. The normalized spacial score (nSPS) is 38.0. The second-order valence-electron chi connectivity index (χ2n) is 5.50. The van der Waals surface area contributed by atoms with Gasteiger partial charge in [0.1, 0.15) is 6.10 Å². The average molecular weight is 238 g/mol. The summed E-state index contributed by atoms with van der Waals surface area (Å²) in [5.41, 5.74) is 0. The van der Waals surface area contributed by atoms with E-state index in [1.807, 2.05) is 0 Å². The third-order valence-electron chi connectivity index (χ3n) is 4.41. The molecule has 1 amide bonds. The van der Waals surface area contributed by atoms with Gasteiger partial charge in [0.25, 0.3) is 0 Å². The monoisotopic (exact) mass is 238 g/mol. The zero-order valence-corrected chi connectivity index (χ0v) is 10.4. The highest BCUT2D eigenvalue weighted by Gasteiger charge is 2.37. The highest BCUT2D eigenvalue weighted by molar-refractivity contribution is 5.81. The van der Waals surface area contributed by atoms with Crippen molar-refractivity contribution in [1.29, 1.82) is 0 Å². The van der Waals surface area contributed by atoms with E-state index in [9.17, 15) is 4.79 Å². The summed E-state index contributed by atoms with van der Waals surface area (Å²) in [4.78, 5) is 14.6. The Hall–Kier alpha value is -0.610. The fraction of sp³-hybridized carbons (Fsp3) is 0.923. The predicted molar refractivity (Wildman–Crippen MR) is 64.7 cm³/mol. The van der Waals surface area contributed by atoms with Gasteiger partial charge < -0.3 is 10.1 Å². The van der Waals surface area contributed by atoms with Gasteiger partial charge in [-0.25, -0.2) is 0 Å². The number of nitrogens with one attached hydrogen (secondary N) is 1. The van der Waals surface area contributed by atoms with Crippen molar-refractivity contribution < 1.29 is 9.53 Å². The van der Waals surface area contributed by atoms with E-state index in [1.165, 1.54) is 25.8 Å². The van der Waals surface area contributed by atoms with Crippen molar-refractivity contribution in [2.24, 2.45) is 0 Å². The van der Waals surface area contributed by atoms with Crippen LogP contribution in [0.5, 0.6) is 0 Å². The molecule has 0 radical (unpaired) electrons. The topological polar surface area (TPSA) is 41.6 Å². The number of piperidine rings is 1. The van der Waals surface area contributed by atoms with Crippen LogP contribution in [0.15, 0.2) is 0 Å². The molecule has 96 valence electrons. The number of rotatable bonds is 2. The summed E-state index contributed by atoms with van der Waals surface area (Å²) in [5.74, 6) is 0.125. The SMILES string of the molecule is O=C(N[C@@H]1CCN2CCCC[C@H]12)[C@@H]1CCCO1. The number of carbonyl (C=O) groups excluding carboxylic acids is 1. The fourth-order valence-electron chi connectivity index (χ4n) is 3.48. The Morgan fingerprint density at radius 3 is 2.88 bits per heavy atom. The molecule has 17 heavy (non-hydrogen) atoms. The molecule has 4 heteroatoms. The molecule has 0 aromatic carbocycles. The molecule has 3 aliphatic heterocycles. The van der Waals surface area contributed by atoms with Crippen LogP contribution in [0.2, 0.25) is 0 Å². The van der Waals surface area contributed by atoms with Crippen LogP contribution >= 0.6 is 0 Å². The highest BCUT2D eigenvalue weighted by Crippen LogP contribution is 2.27. The van der Waals surface area contributed by atoms with Gasteiger partial charge in [0.05, 0.1) is 0 Å². The van der Waals surface area contributed by atoms with Gasteiger partial charge in [-0.3, -0.25) is 9.69 Å². The first-order chi connectivity index (χ1) is 8.34. The number of hydrogen-bond donors (Lipinski definition) is 1. The smallest absolute Gasteiger partial charge is 0.249 e. The Labute approximate surface area is 103 Å². The molecule has 4 nitrogen and oxygen atoms in total. The van der Waals surface area contributed by atoms with Crippen LogP contribution in [0.3, 0.4) is 0 Å². The van der Waals surface area contributed by atoms with Crippen molar-refractivity contribution in [1.82, 2.24) is 10.2 Å². The van der Waals surface area contributed by atoms with Crippen molar-refractivity contribution in [3.05, 3.63) is 0 Å². The molecular weight excluding hydrogens is 216 g/mol. The molecule has 3 fully saturated rings. The standard InChI is InChI=1S/C13H22N2O2/c16-13(12-5-3-9-17-12)14-10-6-8-15-7-2-1-4-11(10)15/h10-12H,1-9H2,(H,14,16)/t10-,11-,12+/m1/s1. The predicted octanol–water partition coefficient (Wildman–Crippen LogP) is 0.908. The minimum atomic E-state index is -0.173. The Balaban J connectivity index is 1.56. The molecule has 1 N–H and O–H groups in total. The molecule has 3 heterocycles. The third-order valence-corrected chi connectivity index (χ3v) is 4.41. The first-order valence-corrected chi connectivity index (χ1v) is 7.00. The number of ether oxygens (including phenoxy) is 1. The zero-order valence-electron chi connectivity index (χ0n) is 10.4. The summed E-state index contributed by atoms with van der Waals surface area (Å²) < 4.78 is 5.44. The average Bonchev–Trinajstić information content (AvgIpc) is 2.98. The Morgan fingerprint density at radius 2 is 2.06 bits per heavy atom. The summed E-state index contributed by atoms with van der Waals surface area (Å²) in [7, 11) is 0. The molecule has 3 aliphatic rings. The lowest BCUT2D eigenvalue weighted by Crippen LogP contribution is -2.49. The van der Waals surface area contributed by atoms with Gasteiger partial charge in [-0.2, -0.15) is 0 Å². The van der Waals surface area contributed by atoms with Crippen molar-refractivity contribution in [3.63, 3.8) is 0 Å². The molecule has 0 unspecified atom stereocenters. The number of nitrogens with zero attached hydrogens (tertiary/aromatic N) is 1. The Kier molecular flexibility index (Phi) is 3.34. The van der Waals surface area contributed by atoms with E-state index < -0.39 is 0 Å². The van der Waals surface area contributed by atoms with Gasteiger partial charge in [-0.05, 0) is 38.6 Å². The van der Waals surface area contributed by atoms with E-state index in [1.54, 1.807) is 0 Å². The van der Waals surface area contributed by atoms with Crippen LogP contribution in [0.25, 0.3) is 0 Å². The molecule has 0 spiro atoms. The molecular formula is C13H22N2O2. The maximum atomic E-state index is 12.0. The molecule has 3 rings (SSSR count). The van der Waals surface area contributed by atoms with Gasteiger partial charge in [0, 0.05) is 25.2 Å². The van der Waals surface area contributed by atoms with Gasteiger partial charge in [-0.15, -0.1) is 0 Å². The van der Waals surface area contributed by atoms with E-state index in [4.69, 9.17) is 4.74 Å². The maximum absolute atomic E-state index is 12.0. The first-order valence-electron chi connectivity index (χ1n) is 7.00. The van der Waals surface area contributed by atoms with Crippen LogP contribution in [-0.2, 0) is 9.53 Å². The van der Waals surface area contributed by atoms with Crippen molar-refractivity contribution >= 4 is 5.91 Å². The minimum absolute atomic E-state index is 0.125. The van der Waals surface area contributed by atoms with E-state index in [0.29, 0.717) is 12.1 Å². The van der Waals surface area contributed by atoms with Crippen molar-refractivity contribution in [2.45, 2.75) is 56.7 Å². The Bertz CT molecular complexity index is 289. The minimum Gasteiger partial charge on any atom is -0.368 e. The molecule has 0 aliphatic carbocycles. The van der Waals surface area contributed by atoms with Gasteiger partial charge in [0.15, 0.2) is 0 Å². The van der Waals surface area contributed by atoms with Crippen LogP contribution < -0.4 is 5.32 Å². The van der Waals surface area contributed by atoms with Gasteiger partial charge in [-0.1, -0.05) is 6.42 Å². The summed E-state index contributed by atoms with van der Waals surface area (Å²) in [5, 5.41) is 3.21. The van der Waals surface area contributed by atoms with Gasteiger partial charge >= 0.3 is 0 Å². The lowest BCUT2D eigenvalue weighted by atomic mass is 9.99. The fourth-order valence-corrected chi connectivity index (χ4v) is 3.48. The quantitative estimate of drug-likeness (QED) is 0.777. The molecule has 3 saturated heterocycles. The van der Waals surface area contributed by atoms with E-state index in [-0.39, 0.29) is 12.0 Å². The summed E-state index contributed by atoms with van der Waals surface area (Å²) >= 11 is 0. The van der Waals surface area contributed by atoms with Crippen molar-refractivity contribution in [2.75, 3.05) is 19.7 Å².